The van der Waals surface area contributed by atoms with Crippen LogP contribution >= 0.6 is 0 Å². The van der Waals surface area contributed by atoms with Crippen LogP contribution in [0.1, 0.15) is 42.9 Å². The molecule has 1 unspecified atom stereocenters. The summed E-state index contributed by atoms with van der Waals surface area (Å²) < 4.78 is 6.12. The molecule has 0 aliphatic heterocycles. The molecule has 0 amide bonds. The first-order chi connectivity index (χ1) is 9.65. The van der Waals surface area contributed by atoms with Crippen molar-refractivity contribution < 1.29 is 4.74 Å². The minimum atomic E-state index is 0.495. The third-order valence-electron chi connectivity index (χ3n) is 3.76. The lowest BCUT2D eigenvalue weighted by atomic mass is 9.98. The van der Waals surface area contributed by atoms with E-state index in [1.165, 1.54) is 5.56 Å². The van der Waals surface area contributed by atoms with Gasteiger partial charge in [-0.15, -0.1) is 0 Å². The summed E-state index contributed by atoms with van der Waals surface area (Å²) in [5.74, 6) is 2.35. The zero-order valence-electron chi connectivity index (χ0n) is 12.5. The van der Waals surface area contributed by atoms with E-state index in [0.29, 0.717) is 12.5 Å². The van der Waals surface area contributed by atoms with Gasteiger partial charge >= 0.3 is 0 Å². The Hall–Kier alpha value is -1.80. The van der Waals surface area contributed by atoms with Gasteiger partial charge in [-0.25, -0.2) is 0 Å². The van der Waals surface area contributed by atoms with Crippen LogP contribution in [0.4, 0.5) is 0 Å². The van der Waals surface area contributed by atoms with E-state index in [1.807, 2.05) is 24.3 Å². The smallest absolute Gasteiger partial charge is 0.130 e. The minimum absolute atomic E-state index is 0.495. The summed E-state index contributed by atoms with van der Waals surface area (Å²) in [4.78, 5) is 0. The molecule has 1 atom stereocenters. The molecule has 0 aliphatic carbocycles. The molecular weight excluding hydrogens is 246 g/mol. The van der Waals surface area contributed by atoms with Crippen molar-refractivity contribution in [1.82, 2.24) is 0 Å². The number of nitrogens with two attached hydrogens (primary N) is 1. The van der Waals surface area contributed by atoms with Crippen LogP contribution in [0.25, 0.3) is 0 Å². The van der Waals surface area contributed by atoms with Gasteiger partial charge in [-0.05, 0) is 48.1 Å². The largest absolute Gasteiger partial charge is 0.457 e. The lowest BCUT2D eigenvalue weighted by Crippen LogP contribution is -1.99. The summed E-state index contributed by atoms with van der Waals surface area (Å²) in [6.45, 7) is 7.04. The molecule has 2 aromatic carbocycles. The molecule has 20 heavy (non-hydrogen) atoms. The fraction of sp³-hybridized carbons (Fsp3) is 0.333. The molecule has 2 N–H and O–H groups in total. The second-order valence-electron chi connectivity index (χ2n) is 5.25. The van der Waals surface area contributed by atoms with Gasteiger partial charge in [0.05, 0.1) is 0 Å². The van der Waals surface area contributed by atoms with E-state index in [-0.39, 0.29) is 0 Å². The Bertz CT molecular complexity index is 577. The molecular formula is C18H23NO. The van der Waals surface area contributed by atoms with Gasteiger partial charge in [0, 0.05) is 6.54 Å². The quantitative estimate of drug-likeness (QED) is 0.849. The zero-order valence-corrected chi connectivity index (χ0v) is 12.5. The molecule has 0 radical (unpaired) electrons. The lowest BCUT2D eigenvalue weighted by Gasteiger charge is -2.16. The van der Waals surface area contributed by atoms with E-state index in [4.69, 9.17) is 10.5 Å². The van der Waals surface area contributed by atoms with E-state index in [1.54, 1.807) is 0 Å². The summed E-state index contributed by atoms with van der Waals surface area (Å²) in [6, 6.07) is 14.4. The fourth-order valence-corrected chi connectivity index (χ4v) is 2.27. The van der Waals surface area contributed by atoms with Gasteiger partial charge in [0.1, 0.15) is 11.5 Å². The lowest BCUT2D eigenvalue weighted by molar-refractivity contribution is 0.466. The van der Waals surface area contributed by atoms with Gasteiger partial charge in [0.15, 0.2) is 0 Å². The number of aryl methyl sites for hydroxylation is 1. The van der Waals surface area contributed by atoms with Crippen LogP contribution in [0.5, 0.6) is 11.5 Å². The molecule has 2 heteroatoms. The highest BCUT2D eigenvalue weighted by atomic mass is 16.5. The average molecular weight is 269 g/mol. The number of benzene rings is 2. The van der Waals surface area contributed by atoms with Gasteiger partial charge in [0.2, 0.25) is 0 Å². The molecule has 2 aromatic rings. The zero-order chi connectivity index (χ0) is 14.5. The normalized spacial score (nSPS) is 12.2. The van der Waals surface area contributed by atoms with Crippen LogP contribution in [0, 0.1) is 6.92 Å². The fourth-order valence-electron chi connectivity index (χ4n) is 2.27. The Morgan fingerprint density at radius 1 is 1.10 bits per heavy atom. The van der Waals surface area contributed by atoms with Gasteiger partial charge in [-0.1, -0.05) is 44.2 Å². The molecule has 0 saturated heterocycles. The maximum atomic E-state index is 6.12. The van der Waals surface area contributed by atoms with E-state index in [2.05, 4.69) is 39.0 Å². The summed E-state index contributed by atoms with van der Waals surface area (Å²) in [5.41, 5.74) is 9.17. The van der Waals surface area contributed by atoms with Crippen LogP contribution in [0.2, 0.25) is 0 Å². The Balaban J connectivity index is 2.30. The topological polar surface area (TPSA) is 35.2 Å². The van der Waals surface area contributed by atoms with E-state index in [0.717, 1.165) is 29.0 Å². The maximum absolute atomic E-state index is 6.12. The van der Waals surface area contributed by atoms with Crippen LogP contribution in [0.3, 0.4) is 0 Å². The Morgan fingerprint density at radius 3 is 2.50 bits per heavy atom. The molecule has 2 nitrogen and oxygen atoms in total. The predicted octanol–water partition coefficient (Wildman–Crippen LogP) is 4.76. The van der Waals surface area contributed by atoms with Crippen LogP contribution in [-0.2, 0) is 6.54 Å². The van der Waals surface area contributed by atoms with Crippen LogP contribution in [-0.4, -0.2) is 0 Å². The van der Waals surface area contributed by atoms with Gasteiger partial charge in [0.25, 0.3) is 0 Å². The summed E-state index contributed by atoms with van der Waals surface area (Å²) >= 11 is 0. The van der Waals surface area contributed by atoms with Gasteiger partial charge < -0.3 is 10.5 Å². The van der Waals surface area contributed by atoms with Crippen LogP contribution < -0.4 is 10.5 Å². The Morgan fingerprint density at radius 2 is 1.85 bits per heavy atom. The average Bonchev–Trinajstić information content (AvgIpc) is 2.49. The highest BCUT2D eigenvalue weighted by Crippen LogP contribution is 2.33. The van der Waals surface area contributed by atoms with E-state index in [9.17, 15) is 0 Å². The molecule has 106 valence electrons. The van der Waals surface area contributed by atoms with Crippen molar-refractivity contribution in [1.29, 1.82) is 0 Å². The summed E-state index contributed by atoms with van der Waals surface area (Å²) in [5, 5.41) is 0. The second-order valence-corrected chi connectivity index (χ2v) is 5.25. The maximum Gasteiger partial charge on any atom is 0.130 e. The van der Waals surface area contributed by atoms with Gasteiger partial charge in [-0.3, -0.25) is 0 Å². The molecule has 0 aliphatic rings. The monoisotopic (exact) mass is 269 g/mol. The highest BCUT2D eigenvalue weighted by Gasteiger charge is 2.11. The molecule has 0 fully saturated rings. The van der Waals surface area contributed by atoms with E-state index >= 15 is 0 Å². The van der Waals surface area contributed by atoms with Crippen molar-refractivity contribution in [2.24, 2.45) is 5.73 Å². The first kappa shape index (κ1) is 14.6. The first-order valence-corrected chi connectivity index (χ1v) is 7.22. The summed E-state index contributed by atoms with van der Waals surface area (Å²) in [6.07, 6.45) is 1.10. The SMILES string of the molecule is CCC(C)c1ccccc1Oc1ccc(CN)cc1C. The third kappa shape index (κ3) is 3.20. The standard InChI is InChI=1S/C18H23NO/c1-4-13(2)16-7-5-6-8-18(16)20-17-10-9-15(12-19)11-14(17)3/h5-11,13H,4,12,19H2,1-3H3. The number of rotatable bonds is 5. The minimum Gasteiger partial charge on any atom is -0.457 e. The van der Waals surface area contributed by atoms with Crippen molar-refractivity contribution in [3.63, 3.8) is 0 Å². The number of ether oxygens (including phenoxy) is 1. The van der Waals surface area contributed by atoms with Gasteiger partial charge in [-0.2, -0.15) is 0 Å². The Labute approximate surface area is 121 Å². The molecule has 0 spiro atoms. The highest BCUT2D eigenvalue weighted by molar-refractivity contribution is 5.43. The van der Waals surface area contributed by atoms with E-state index < -0.39 is 0 Å². The summed E-state index contributed by atoms with van der Waals surface area (Å²) in [7, 11) is 0. The number of hydrogen-bond donors (Lipinski definition) is 1. The predicted molar refractivity (Wildman–Crippen MR) is 84.3 cm³/mol. The van der Waals surface area contributed by atoms with Crippen molar-refractivity contribution >= 4 is 0 Å². The molecule has 2 rings (SSSR count). The molecule has 0 saturated carbocycles. The molecule has 0 heterocycles. The van der Waals surface area contributed by atoms with Crippen molar-refractivity contribution in [3.05, 3.63) is 59.2 Å². The second kappa shape index (κ2) is 6.58. The molecule has 0 bridgehead atoms. The number of para-hydroxylation sites is 1. The number of hydrogen-bond acceptors (Lipinski definition) is 2. The third-order valence-corrected chi connectivity index (χ3v) is 3.76. The van der Waals surface area contributed by atoms with Crippen molar-refractivity contribution in [2.45, 2.75) is 39.7 Å². The first-order valence-electron chi connectivity index (χ1n) is 7.22. The Kier molecular flexibility index (Phi) is 4.80. The van der Waals surface area contributed by atoms with Crippen LogP contribution in [0.15, 0.2) is 42.5 Å². The molecule has 0 aromatic heterocycles. The van der Waals surface area contributed by atoms with Crippen molar-refractivity contribution in [2.75, 3.05) is 0 Å². The van der Waals surface area contributed by atoms with Crippen molar-refractivity contribution in [3.8, 4) is 11.5 Å².